The van der Waals surface area contributed by atoms with Crippen LogP contribution in [0.2, 0.25) is 0 Å². The molecule has 0 saturated heterocycles. The van der Waals surface area contributed by atoms with Gasteiger partial charge >= 0.3 is 0 Å². The van der Waals surface area contributed by atoms with Crippen LogP contribution in [0.3, 0.4) is 0 Å². The summed E-state index contributed by atoms with van der Waals surface area (Å²) in [6.45, 7) is 0.402. The molecule has 0 aliphatic carbocycles. The minimum atomic E-state index is -3.90. The number of para-hydroxylation sites is 1. The molecule has 3 aromatic rings. The van der Waals surface area contributed by atoms with Gasteiger partial charge < -0.3 is 15.4 Å². The number of benzene rings is 3. The fraction of sp³-hybridized carbons (Fsp3) is 0.200. The standard InChI is InChI=1S/C25H24FN3O5S/c1-34-23-11-10-18(35(32,33)29-15-12-17-6-2-5-9-22(17)29)16-20(23)25(31)28-14-13-27-24(30)19-7-3-4-8-21(19)26/h2-11,16H,12-15H2,1H3,(H,27,30)(H,28,31). The van der Waals surface area contributed by atoms with E-state index in [0.29, 0.717) is 18.7 Å². The highest BCUT2D eigenvalue weighted by Gasteiger charge is 2.31. The summed E-state index contributed by atoms with van der Waals surface area (Å²) < 4.78 is 47.0. The van der Waals surface area contributed by atoms with Crippen molar-refractivity contribution >= 4 is 27.5 Å². The van der Waals surface area contributed by atoms with E-state index in [9.17, 15) is 22.4 Å². The van der Waals surface area contributed by atoms with Gasteiger partial charge in [-0.05, 0) is 48.4 Å². The summed E-state index contributed by atoms with van der Waals surface area (Å²) in [5.41, 5.74) is 1.52. The fourth-order valence-corrected chi connectivity index (χ4v) is 5.43. The summed E-state index contributed by atoms with van der Waals surface area (Å²) in [6, 6.07) is 17.0. The van der Waals surface area contributed by atoms with Crippen LogP contribution >= 0.6 is 0 Å². The van der Waals surface area contributed by atoms with Crippen LogP contribution < -0.4 is 19.7 Å². The molecule has 1 heterocycles. The molecular formula is C25H24FN3O5S. The third-order valence-corrected chi connectivity index (χ3v) is 7.47. The molecule has 0 aromatic heterocycles. The van der Waals surface area contributed by atoms with Gasteiger partial charge in [0.15, 0.2) is 0 Å². The highest BCUT2D eigenvalue weighted by atomic mass is 32.2. The summed E-state index contributed by atoms with van der Waals surface area (Å²) in [5, 5.41) is 5.15. The monoisotopic (exact) mass is 497 g/mol. The Morgan fingerprint density at radius 1 is 0.943 bits per heavy atom. The maximum atomic E-state index is 13.7. The number of hydrogen-bond acceptors (Lipinski definition) is 5. The average molecular weight is 498 g/mol. The Morgan fingerprint density at radius 2 is 1.60 bits per heavy atom. The molecule has 1 aliphatic rings. The molecule has 8 nitrogen and oxygen atoms in total. The van der Waals surface area contributed by atoms with Gasteiger partial charge in [0, 0.05) is 19.6 Å². The molecule has 182 valence electrons. The van der Waals surface area contributed by atoms with Crippen LogP contribution in [0.1, 0.15) is 26.3 Å². The molecule has 1 aliphatic heterocycles. The zero-order chi connectivity index (χ0) is 25.0. The Morgan fingerprint density at radius 3 is 2.31 bits per heavy atom. The molecule has 2 N–H and O–H groups in total. The van der Waals surface area contributed by atoms with Crippen LogP contribution in [0.5, 0.6) is 5.75 Å². The van der Waals surface area contributed by atoms with E-state index in [4.69, 9.17) is 4.74 Å². The Balaban J connectivity index is 1.45. The minimum absolute atomic E-state index is 0.0343. The molecule has 10 heteroatoms. The lowest BCUT2D eigenvalue weighted by molar-refractivity contribution is 0.0923. The van der Waals surface area contributed by atoms with Crippen molar-refractivity contribution in [2.45, 2.75) is 11.3 Å². The van der Waals surface area contributed by atoms with E-state index in [2.05, 4.69) is 10.6 Å². The zero-order valence-electron chi connectivity index (χ0n) is 19.0. The van der Waals surface area contributed by atoms with Crippen molar-refractivity contribution in [1.82, 2.24) is 10.6 Å². The molecule has 4 rings (SSSR count). The van der Waals surface area contributed by atoms with E-state index in [1.807, 2.05) is 12.1 Å². The van der Waals surface area contributed by atoms with E-state index < -0.39 is 27.7 Å². The molecule has 0 bridgehead atoms. The third-order valence-electron chi connectivity index (χ3n) is 5.66. The maximum Gasteiger partial charge on any atom is 0.264 e. The molecular weight excluding hydrogens is 473 g/mol. The summed E-state index contributed by atoms with van der Waals surface area (Å²) in [5.74, 6) is -1.61. The normalized spacial score (nSPS) is 12.7. The van der Waals surface area contributed by atoms with Gasteiger partial charge in [-0.1, -0.05) is 30.3 Å². The van der Waals surface area contributed by atoms with Crippen LogP contribution in [-0.4, -0.2) is 47.0 Å². The lowest BCUT2D eigenvalue weighted by Gasteiger charge is -2.20. The Hall–Kier alpha value is -3.92. The van der Waals surface area contributed by atoms with Gasteiger partial charge in [0.2, 0.25) is 0 Å². The number of rotatable bonds is 8. The van der Waals surface area contributed by atoms with Gasteiger partial charge in [0.25, 0.3) is 21.8 Å². The average Bonchev–Trinajstić information content (AvgIpc) is 3.31. The van der Waals surface area contributed by atoms with Crippen LogP contribution in [0, 0.1) is 5.82 Å². The molecule has 35 heavy (non-hydrogen) atoms. The maximum absolute atomic E-state index is 13.7. The van der Waals surface area contributed by atoms with Gasteiger partial charge in [-0.15, -0.1) is 0 Å². The van der Waals surface area contributed by atoms with Gasteiger partial charge in [-0.3, -0.25) is 13.9 Å². The van der Waals surface area contributed by atoms with Gasteiger partial charge in [0.05, 0.1) is 28.8 Å². The highest BCUT2D eigenvalue weighted by Crippen LogP contribution is 2.33. The Kier molecular flexibility index (Phi) is 7.02. The van der Waals surface area contributed by atoms with Crippen molar-refractivity contribution in [3.05, 3.63) is 89.2 Å². The summed E-state index contributed by atoms with van der Waals surface area (Å²) in [6.07, 6.45) is 0.609. The van der Waals surface area contributed by atoms with E-state index in [-0.39, 0.29) is 34.9 Å². The second kappa shape index (κ2) is 10.1. The van der Waals surface area contributed by atoms with Gasteiger partial charge in [0.1, 0.15) is 11.6 Å². The number of carbonyl (C=O) groups excluding carboxylic acids is 2. The van der Waals surface area contributed by atoms with Gasteiger partial charge in [-0.25, -0.2) is 12.8 Å². The Labute approximate surface area is 202 Å². The fourth-order valence-electron chi connectivity index (χ4n) is 3.90. The molecule has 2 amide bonds. The molecule has 0 fully saturated rings. The van der Waals surface area contributed by atoms with Gasteiger partial charge in [-0.2, -0.15) is 0 Å². The number of anilines is 1. The molecule has 0 saturated carbocycles. The van der Waals surface area contributed by atoms with Crippen molar-refractivity contribution in [2.75, 3.05) is 31.0 Å². The van der Waals surface area contributed by atoms with E-state index in [0.717, 1.165) is 5.56 Å². The predicted octanol–water partition coefficient (Wildman–Crippen LogP) is 2.75. The number of sulfonamides is 1. The summed E-state index contributed by atoms with van der Waals surface area (Å²) >= 11 is 0. The lowest BCUT2D eigenvalue weighted by atomic mass is 10.2. The molecule has 0 atom stereocenters. The van der Waals surface area contributed by atoms with E-state index in [1.165, 1.54) is 47.8 Å². The second-order valence-corrected chi connectivity index (χ2v) is 9.67. The number of amides is 2. The van der Waals surface area contributed by atoms with Crippen LogP contribution in [-0.2, 0) is 16.4 Å². The second-order valence-electron chi connectivity index (χ2n) is 7.81. The molecule has 3 aromatic carbocycles. The first-order valence-corrected chi connectivity index (χ1v) is 12.4. The van der Waals surface area contributed by atoms with Crippen molar-refractivity contribution in [2.24, 2.45) is 0 Å². The van der Waals surface area contributed by atoms with Crippen LogP contribution in [0.15, 0.2) is 71.6 Å². The highest BCUT2D eigenvalue weighted by molar-refractivity contribution is 7.92. The molecule has 0 spiro atoms. The molecule has 0 radical (unpaired) electrons. The number of nitrogens with zero attached hydrogens (tertiary/aromatic N) is 1. The number of nitrogens with one attached hydrogen (secondary N) is 2. The van der Waals surface area contributed by atoms with Crippen molar-refractivity contribution < 1.29 is 27.1 Å². The van der Waals surface area contributed by atoms with E-state index >= 15 is 0 Å². The lowest BCUT2D eigenvalue weighted by Crippen LogP contribution is -2.35. The molecule has 0 unspecified atom stereocenters. The smallest absolute Gasteiger partial charge is 0.264 e. The SMILES string of the molecule is COc1ccc(S(=O)(=O)N2CCc3ccccc32)cc1C(=O)NCCNC(=O)c1ccccc1F. The minimum Gasteiger partial charge on any atom is -0.496 e. The number of ether oxygens (including phenoxy) is 1. The zero-order valence-corrected chi connectivity index (χ0v) is 19.8. The quantitative estimate of drug-likeness (QED) is 0.466. The third kappa shape index (κ3) is 4.97. The first kappa shape index (κ1) is 24.2. The van der Waals surface area contributed by atoms with E-state index in [1.54, 1.807) is 18.2 Å². The van der Waals surface area contributed by atoms with Crippen LogP contribution in [0.25, 0.3) is 0 Å². The Bertz CT molecular complexity index is 1380. The largest absolute Gasteiger partial charge is 0.496 e. The van der Waals surface area contributed by atoms with Crippen LogP contribution in [0.4, 0.5) is 10.1 Å². The summed E-state index contributed by atoms with van der Waals surface area (Å²) in [4.78, 5) is 24.9. The number of fused-ring (bicyclic) bond motifs is 1. The van der Waals surface area contributed by atoms with Crippen molar-refractivity contribution in [3.8, 4) is 5.75 Å². The first-order chi connectivity index (χ1) is 16.8. The predicted molar refractivity (Wildman–Crippen MR) is 129 cm³/mol. The number of carbonyl (C=O) groups is 2. The number of halogens is 1. The number of methoxy groups -OCH3 is 1. The topological polar surface area (TPSA) is 105 Å². The first-order valence-electron chi connectivity index (χ1n) is 10.9. The number of hydrogen-bond donors (Lipinski definition) is 2. The van der Waals surface area contributed by atoms with Crippen molar-refractivity contribution in [3.63, 3.8) is 0 Å². The summed E-state index contributed by atoms with van der Waals surface area (Å²) in [7, 11) is -2.52. The van der Waals surface area contributed by atoms with Crippen molar-refractivity contribution in [1.29, 1.82) is 0 Å².